The Labute approximate surface area is 192 Å². The monoisotopic (exact) mass is 446 g/mol. The number of anilines is 1. The first-order chi connectivity index (χ1) is 15.8. The van der Waals surface area contributed by atoms with Crippen LogP contribution >= 0.6 is 0 Å². The molecule has 0 fully saturated rings. The van der Waals surface area contributed by atoms with Crippen LogP contribution in [0, 0.1) is 5.95 Å². The molecule has 2 aromatic heterocycles. The standard InChI is InChI=1S/C25H27FN6O/c1-5-7-19-21-22(31-15-25(2,3)28-24(31)30(4)23(21)33)29-32(19)14-16-10-12-17(13-11-16)18-8-6-9-20(26)27-18/h6,8-13H,5,7,14-15H2,1-4H3. The summed E-state index contributed by atoms with van der Waals surface area (Å²) in [5, 5.41) is 4.90. The summed E-state index contributed by atoms with van der Waals surface area (Å²) < 4.78 is 15.4. The van der Waals surface area contributed by atoms with Crippen molar-refractivity contribution in [1.82, 2.24) is 19.7 Å². The van der Waals surface area contributed by atoms with E-state index in [1.165, 1.54) is 6.07 Å². The predicted octanol–water partition coefficient (Wildman–Crippen LogP) is 4.13. The van der Waals surface area contributed by atoms with Crippen LogP contribution in [0.4, 0.5) is 10.2 Å². The molecule has 33 heavy (non-hydrogen) atoms. The molecule has 5 rings (SSSR count). The zero-order chi connectivity index (χ0) is 23.3. The smallest absolute Gasteiger partial charge is 0.266 e. The molecule has 1 aromatic carbocycles. The summed E-state index contributed by atoms with van der Waals surface area (Å²) in [5.74, 6) is 0.814. The second-order valence-electron chi connectivity index (χ2n) is 9.27. The van der Waals surface area contributed by atoms with Crippen LogP contribution in [0.1, 0.15) is 48.8 Å². The number of hydrogen-bond donors (Lipinski definition) is 0. The molecular weight excluding hydrogens is 419 g/mol. The topological polar surface area (TPSA) is 66.6 Å². The molecule has 0 bridgehead atoms. The van der Waals surface area contributed by atoms with Crippen LogP contribution in [0.3, 0.4) is 0 Å². The average Bonchev–Trinajstić information content (AvgIpc) is 3.30. The summed E-state index contributed by atoms with van der Waals surface area (Å²) in [4.78, 5) is 25.7. The van der Waals surface area contributed by atoms with Crippen molar-refractivity contribution in [2.75, 3.05) is 18.5 Å². The Balaban J connectivity index is 1.50. The highest BCUT2D eigenvalue weighted by molar-refractivity contribution is 6.19. The maximum absolute atomic E-state index is 13.5. The molecule has 0 unspecified atom stereocenters. The molecule has 4 heterocycles. The lowest BCUT2D eigenvalue weighted by Crippen LogP contribution is -2.48. The Morgan fingerprint density at radius 3 is 2.58 bits per heavy atom. The molecule has 0 saturated carbocycles. The number of benzene rings is 1. The van der Waals surface area contributed by atoms with E-state index < -0.39 is 5.95 Å². The van der Waals surface area contributed by atoms with Gasteiger partial charge in [0.2, 0.25) is 11.9 Å². The van der Waals surface area contributed by atoms with Gasteiger partial charge in [0, 0.05) is 12.6 Å². The van der Waals surface area contributed by atoms with E-state index in [1.807, 2.05) is 28.9 Å². The highest BCUT2D eigenvalue weighted by Crippen LogP contribution is 2.36. The summed E-state index contributed by atoms with van der Waals surface area (Å²) in [5.41, 5.74) is 3.84. The normalized spacial score (nSPS) is 16.6. The maximum atomic E-state index is 13.5. The van der Waals surface area contributed by atoms with E-state index in [4.69, 9.17) is 10.1 Å². The van der Waals surface area contributed by atoms with Gasteiger partial charge in [-0.15, -0.1) is 0 Å². The van der Waals surface area contributed by atoms with Crippen molar-refractivity contribution in [1.29, 1.82) is 0 Å². The van der Waals surface area contributed by atoms with E-state index in [1.54, 1.807) is 24.1 Å². The van der Waals surface area contributed by atoms with Crippen molar-refractivity contribution in [3.63, 3.8) is 0 Å². The van der Waals surface area contributed by atoms with Crippen LogP contribution in [0.2, 0.25) is 0 Å². The SMILES string of the molecule is CCCc1c2c(nn1Cc1ccc(-c3cccc(F)n3)cc1)N1CC(C)(C)N=C1N(C)C2=O. The molecule has 2 aliphatic heterocycles. The molecule has 1 amide bonds. The Kier molecular flexibility index (Phi) is 5.03. The van der Waals surface area contributed by atoms with E-state index in [0.29, 0.717) is 36.1 Å². The molecule has 0 saturated heterocycles. The van der Waals surface area contributed by atoms with Gasteiger partial charge in [-0.2, -0.15) is 9.49 Å². The second kappa shape index (κ2) is 7.79. The maximum Gasteiger partial charge on any atom is 0.266 e. The molecule has 170 valence electrons. The van der Waals surface area contributed by atoms with Crippen molar-refractivity contribution >= 4 is 17.7 Å². The Morgan fingerprint density at radius 2 is 1.88 bits per heavy atom. The van der Waals surface area contributed by atoms with Gasteiger partial charge in [-0.05, 0) is 38.0 Å². The van der Waals surface area contributed by atoms with Crippen LogP contribution in [0.25, 0.3) is 11.3 Å². The van der Waals surface area contributed by atoms with Gasteiger partial charge in [0.1, 0.15) is 5.56 Å². The number of pyridine rings is 1. The number of amides is 1. The number of guanidine groups is 1. The predicted molar refractivity (Wildman–Crippen MR) is 126 cm³/mol. The quantitative estimate of drug-likeness (QED) is 0.553. The lowest BCUT2D eigenvalue weighted by molar-refractivity contribution is 0.0864. The van der Waals surface area contributed by atoms with E-state index in [9.17, 15) is 9.18 Å². The number of nitrogens with zero attached hydrogens (tertiary/aromatic N) is 6. The van der Waals surface area contributed by atoms with Gasteiger partial charge in [0.05, 0.1) is 30.0 Å². The number of aliphatic imine (C=N–C) groups is 1. The minimum atomic E-state index is -0.495. The molecule has 0 radical (unpaired) electrons. The fourth-order valence-corrected chi connectivity index (χ4v) is 4.54. The van der Waals surface area contributed by atoms with Crippen LogP contribution < -0.4 is 4.90 Å². The molecule has 0 N–H and O–H groups in total. The Hall–Kier alpha value is -3.55. The van der Waals surface area contributed by atoms with Gasteiger partial charge in [-0.3, -0.25) is 19.3 Å². The van der Waals surface area contributed by atoms with E-state index in [2.05, 4.69) is 30.7 Å². The van der Waals surface area contributed by atoms with Gasteiger partial charge in [0.15, 0.2) is 5.82 Å². The number of fused-ring (bicyclic) bond motifs is 3. The molecule has 3 aromatic rings. The highest BCUT2D eigenvalue weighted by atomic mass is 19.1. The largest absolute Gasteiger partial charge is 0.292 e. The molecule has 8 heteroatoms. The van der Waals surface area contributed by atoms with Gasteiger partial charge < -0.3 is 0 Å². The first-order valence-corrected chi connectivity index (χ1v) is 11.2. The van der Waals surface area contributed by atoms with E-state index in [-0.39, 0.29) is 11.4 Å². The number of carbonyl (C=O) groups excluding carboxylic acids is 1. The fraction of sp³-hybridized carbons (Fsp3) is 0.360. The van der Waals surface area contributed by atoms with Gasteiger partial charge in [0.25, 0.3) is 5.91 Å². The van der Waals surface area contributed by atoms with Gasteiger partial charge in [-0.1, -0.05) is 43.7 Å². The van der Waals surface area contributed by atoms with Crippen LogP contribution in [-0.2, 0) is 13.0 Å². The molecule has 7 nitrogen and oxygen atoms in total. The Morgan fingerprint density at radius 1 is 1.12 bits per heavy atom. The van der Waals surface area contributed by atoms with Gasteiger partial charge >= 0.3 is 0 Å². The van der Waals surface area contributed by atoms with Crippen molar-refractivity contribution < 1.29 is 9.18 Å². The first-order valence-electron chi connectivity index (χ1n) is 11.2. The van der Waals surface area contributed by atoms with E-state index in [0.717, 1.165) is 29.7 Å². The third-order valence-electron chi connectivity index (χ3n) is 6.09. The molecule has 2 aliphatic rings. The fourth-order valence-electron chi connectivity index (χ4n) is 4.54. The number of halogens is 1. The molecule has 0 atom stereocenters. The number of carbonyl (C=O) groups is 1. The Bertz CT molecular complexity index is 1260. The third-order valence-corrected chi connectivity index (χ3v) is 6.09. The minimum Gasteiger partial charge on any atom is -0.292 e. The summed E-state index contributed by atoms with van der Waals surface area (Å²) in [6.07, 6.45) is 1.67. The molecule has 0 spiro atoms. The zero-order valence-corrected chi connectivity index (χ0v) is 19.3. The van der Waals surface area contributed by atoms with Crippen molar-refractivity contribution in [2.24, 2.45) is 4.99 Å². The van der Waals surface area contributed by atoms with Crippen LogP contribution in [-0.4, -0.2) is 50.7 Å². The lowest BCUT2D eigenvalue weighted by Gasteiger charge is -2.30. The number of aromatic nitrogens is 3. The zero-order valence-electron chi connectivity index (χ0n) is 19.3. The van der Waals surface area contributed by atoms with Crippen molar-refractivity contribution in [3.05, 3.63) is 65.2 Å². The average molecular weight is 447 g/mol. The van der Waals surface area contributed by atoms with E-state index >= 15 is 0 Å². The van der Waals surface area contributed by atoms with Gasteiger partial charge in [-0.25, -0.2) is 9.98 Å². The number of hydrogen-bond acceptors (Lipinski definition) is 5. The summed E-state index contributed by atoms with van der Waals surface area (Å²) in [7, 11) is 1.78. The second-order valence-corrected chi connectivity index (χ2v) is 9.27. The molecular formula is C25H27FN6O. The summed E-state index contributed by atoms with van der Waals surface area (Å²) >= 11 is 0. The summed E-state index contributed by atoms with van der Waals surface area (Å²) in [6, 6.07) is 12.7. The lowest BCUT2D eigenvalue weighted by atomic mass is 10.1. The highest BCUT2D eigenvalue weighted by Gasteiger charge is 2.44. The van der Waals surface area contributed by atoms with Crippen LogP contribution in [0.15, 0.2) is 47.5 Å². The van der Waals surface area contributed by atoms with Crippen LogP contribution in [0.5, 0.6) is 0 Å². The van der Waals surface area contributed by atoms with Crippen molar-refractivity contribution in [3.8, 4) is 11.3 Å². The van der Waals surface area contributed by atoms with Crippen molar-refractivity contribution in [2.45, 2.75) is 45.7 Å². The third kappa shape index (κ3) is 3.69. The first kappa shape index (κ1) is 21.3. The minimum absolute atomic E-state index is 0.0556. The summed E-state index contributed by atoms with van der Waals surface area (Å²) in [6.45, 7) is 7.46. The number of rotatable bonds is 5. The molecule has 0 aliphatic carbocycles.